The summed E-state index contributed by atoms with van der Waals surface area (Å²) in [6.45, 7) is 14.8. The maximum Gasteiger partial charge on any atom is 0.246 e. The van der Waals surface area contributed by atoms with Crippen LogP contribution in [-0.2, 0) is 14.4 Å². The molecule has 1 aliphatic rings. The number of rotatable bonds is 9. The number of hydrogen-bond donors (Lipinski definition) is 2. The number of amides is 3. The zero-order chi connectivity index (χ0) is 23.9. The normalized spacial score (nSPS) is 20.0. The van der Waals surface area contributed by atoms with Crippen molar-refractivity contribution in [2.75, 3.05) is 20.6 Å². The van der Waals surface area contributed by atoms with Gasteiger partial charge < -0.3 is 15.5 Å². The lowest BCUT2D eigenvalue weighted by molar-refractivity contribution is -0.140. The van der Waals surface area contributed by atoms with E-state index in [-0.39, 0.29) is 47.7 Å². The van der Waals surface area contributed by atoms with E-state index in [1.54, 1.807) is 25.9 Å². The summed E-state index contributed by atoms with van der Waals surface area (Å²) in [7, 11) is 3.35. The fourth-order valence-corrected chi connectivity index (χ4v) is 4.26. The lowest BCUT2D eigenvalue weighted by atomic mass is 9.95. The van der Waals surface area contributed by atoms with Crippen molar-refractivity contribution < 1.29 is 14.4 Å². The average molecular weight is 437 g/mol. The molecule has 0 radical (unpaired) electrons. The van der Waals surface area contributed by atoms with Crippen molar-refractivity contribution in [3.63, 3.8) is 0 Å². The van der Waals surface area contributed by atoms with Crippen LogP contribution in [0.15, 0.2) is 11.6 Å². The number of likely N-dealkylation sites (N-methyl/N-ethyl adjacent to an activating group) is 2. The Labute approximate surface area is 189 Å². The molecule has 7 heteroatoms. The van der Waals surface area contributed by atoms with Gasteiger partial charge in [-0.15, -0.1) is 0 Å². The van der Waals surface area contributed by atoms with Crippen molar-refractivity contribution in [1.29, 1.82) is 0 Å². The molecule has 0 bridgehead atoms. The maximum absolute atomic E-state index is 13.5. The minimum absolute atomic E-state index is 0.0492. The Morgan fingerprint density at radius 2 is 1.65 bits per heavy atom. The molecular formula is C24H44N4O3. The summed E-state index contributed by atoms with van der Waals surface area (Å²) in [5.74, 6) is -0.285. The second-order valence-corrected chi connectivity index (χ2v) is 9.69. The third-order valence-corrected chi connectivity index (χ3v) is 6.22. The van der Waals surface area contributed by atoms with Crippen LogP contribution in [-0.4, -0.2) is 72.3 Å². The lowest BCUT2D eigenvalue weighted by Crippen LogP contribution is -2.58. The van der Waals surface area contributed by atoms with Crippen LogP contribution in [0, 0.1) is 11.8 Å². The van der Waals surface area contributed by atoms with E-state index in [1.807, 2.05) is 33.8 Å². The molecule has 1 heterocycles. The Morgan fingerprint density at radius 1 is 1.03 bits per heavy atom. The van der Waals surface area contributed by atoms with Gasteiger partial charge in [0.05, 0.1) is 12.1 Å². The van der Waals surface area contributed by atoms with Gasteiger partial charge in [0.25, 0.3) is 0 Å². The van der Waals surface area contributed by atoms with Crippen molar-refractivity contribution in [1.82, 2.24) is 20.4 Å². The number of hydrogen-bond acceptors (Lipinski definition) is 4. The predicted molar refractivity (Wildman–Crippen MR) is 125 cm³/mol. The highest BCUT2D eigenvalue weighted by Gasteiger charge is 2.35. The van der Waals surface area contributed by atoms with E-state index in [0.29, 0.717) is 5.57 Å². The first-order valence-corrected chi connectivity index (χ1v) is 11.7. The molecule has 0 saturated carbocycles. The quantitative estimate of drug-likeness (QED) is 0.544. The Kier molecular flexibility index (Phi) is 10.7. The van der Waals surface area contributed by atoms with Crippen molar-refractivity contribution >= 4 is 17.7 Å². The average Bonchev–Trinajstić information content (AvgIpc) is 2.73. The predicted octanol–water partition coefficient (Wildman–Crippen LogP) is 2.57. The monoisotopic (exact) mass is 436 g/mol. The van der Waals surface area contributed by atoms with Crippen LogP contribution in [0.4, 0.5) is 0 Å². The van der Waals surface area contributed by atoms with Gasteiger partial charge in [0.1, 0.15) is 6.04 Å². The standard InChI is InChI=1S/C24H44N4O3/c1-15(2)20(14-18(7)22(29)25-8)27(9)24(31)21(16(3)4)26-23(30)19-12-10-11-13-28(19)17(5)6/h14-17,19-21H,10-13H2,1-9H3,(H,25,29)(H,26,30)/t19-,20-,21+/m1/s1. The first-order chi connectivity index (χ1) is 14.4. The fraction of sp³-hybridized carbons (Fsp3) is 0.792. The first-order valence-electron chi connectivity index (χ1n) is 11.7. The summed E-state index contributed by atoms with van der Waals surface area (Å²) in [4.78, 5) is 42.5. The van der Waals surface area contributed by atoms with Gasteiger partial charge in [0.2, 0.25) is 17.7 Å². The third-order valence-electron chi connectivity index (χ3n) is 6.22. The molecule has 7 nitrogen and oxygen atoms in total. The summed E-state index contributed by atoms with van der Waals surface area (Å²) in [6.07, 6.45) is 4.79. The van der Waals surface area contributed by atoms with Gasteiger partial charge >= 0.3 is 0 Å². The summed E-state index contributed by atoms with van der Waals surface area (Å²) in [5, 5.41) is 5.68. The molecule has 0 aromatic rings. The Bertz CT molecular complexity index is 657. The topological polar surface area (TPSA) is 81.8 Å². The highest BCUT2D eigenvalue weighted by Crippen LogP contribution is 2.21. The van der Waals surface area contributed by atoms with E-state index in [1.165, 1.54) is 0 Å². The molecule has 31 heavy (non-hydrogen) atoms. The largest absolute Gasteiger partial charge is 0.355 e. The van der Waals surface area contributed by atoms with Gasteiger partial charge in [-0.25, -0.2) is 0 Å². The molecular weight excluding hydrogens is 392 g/mol. The van der Waals surface area contributed by atoms with Crippen LogP contribution < -0.4 is 10.6 Å². The van der Waals surface area contributed by atoms with Crippen molar-refractivity contribution in [3.8, 4) is 0 Å². The first kappa shape index (κ1) is 27.1. The van der Waals surface area contributed by atoms with E-state index in [0.717, 1.165) is 25.8 Å². The molecule has 0 aromatic heterocycles. The molecule has 0 aliphatic carbocycles. The number of piperidine rings is 1. The highest BCUT2D eigenvalue weighted by atomic mass is 16.2. The molecule has 3 atom stereocenters. The summed E-state index contributed by atoms with van der Waals surface area (Å²) >= 11 is 0. The number of carbonyl (C=O) groups excluding carboxylic acids is 3. The molecule has 3 amide bonds. The summed E-state index contributed by atoms with van der Waals surface area (Å²) in [6, 6.07) is -0.757. The number of nitrogens with one attached hydrogen (secondary N) is 2. The van der Waals surface area contributed by atoms with Gasteiger partial charge in [0, 0.05) is 25.7 Å². The Balaban J connectivity index is 3.05. The zero-order valence-corrected chi connectivity index (χ0v) is 21.0. The van der Waals surface area contributed by atoms with Crippen LogP contribution in [0.25, 0.3) is 0 Å². The maximum atomic E-state index is 13.5. The second kappa shape index (κ2) is 12.2. The van der Waals surface area contributed by atoms with Crippen LogP contribution in [0.2, 0.25) is 0 Å². The second-order valence-electron chi connectivity index (χ2n) is 9.69. The SMILES string of the molecule is CNC(=O)C(C)=C[C@H](C(C)C)N(C)C(=O)[C@@H](NC(=O)[C@H]1CCCCN1C(C)C)C(C)C. The Morgan fingerprint density at radius 3 is 2.13 bits per heavy atom. The smallest absolute Gasteiger partial charge is 0.246 e. The van der Waals surface area contributed by atoms with E-state index in [2.05, 4.69) is 29.4 Å². The minimum atomic E-state index is -0.608. The minimum Gasteiger partial charge on any atom is -0.355 e. The molecule has 1 rings (SSSR count). The van der Waals surface area contributed by atoms with Crippen molar-refractivity contribution in [3.05, 3.63) is 11.6 Å². The van der Waals surface area contributed by atoms with Gasteiger partial charge in [0.15, 0.2) is 0 Å². The zero-order valence-electron chi connectivity index (χ0n) is 21.0. The van der Waals surface area contributed by atoms with Crippen molar-refractivity contribution in [2.24, 2.45) is 11.8 Å². The molecule has 1 aliphatic heterocycles. The summed E-state index contributed by atoms with van der Waals surface area (Å²) in [5.41, 5.74) is 0.570. The van der Waals surface area contributed by atoms with Crippen LogP contribution in [0.5, 0.6) is 0 Å². The van der Waals surface area contributed by atoms with Gasteiger partial charge in [-0.2, -0.15) is 0 Å². The molecule has 1 saturated heterocycles. The van der Waals surface area contributed by atoms with Crippen molar-refractivity contribution in [2.45, 2.75) is 91.9 Å². The van der Waals surface area contributed by atoms with Gasteiger partial charge in [-0.05, 0) is 52.0 Å². The molecule has 178 valence electrons. The van der Waals surface area contributed by atoms with E-state index < -0.39 is 6.04 Å². The molecule has 0 spiro atoms. The number of carbonyl (C=O) groups is 3. The van der Waals surface area contributed by atoms with E-state index in [9.17, 15) is 14.4 Å². The van der Waals surface area contributed by atoms with Crippen LogP contribution in [0.3, 0.4) is 0 Å². The Hall–Kier alpha value is -1.89. The van der Waals surface area contributed by atoms with E-state index in [4.69, 9.17) is 0 Å². The highest BCUT2D eigenvalue weighted by molar-refractivity contribution is 5.93. The van der Waals surface area contributed by atoms with Crippen LogP contribution in [0.1, 0.15) is 67.7 Å². The molecule has 2 N–H and O–H groups in total. The molecule has 0 aromatic carbocycles. The van der Waals surface area contributed by atoms with E-state index >= 15 is 0 Å². The summed E-state index contributed by atoms with van der Waals surface area (Å²) < 4.78 is 0. The third kappa shape index (κ3) is 7.34. The lowest BCUT2D eigenvalue weighted by Gasteiger charge is -2.39. The molecule has 1 fully saturated rings. The fourth-order valence-electron chi connectivity index (χ4n) is 4.26. The van der Waals surface area contributed by atoms with Gasteiger partial charge in [-0.3, -0.25) is 19.3 Å². The molecule has 0 unspecified atom stereocenters. The number of likely N-dealkylation sites (tertiary alicyclic amines) is 1. The van der Waals surface area contributed by atoms with Crippen LogP contribution >= 0.6 is 0 Å². The van der Waals surface area contributed by atoms with Gasteiger partial charge in [-0.1, -0.05) is 40.2 Å². The number of nitrogens with zero attached hydrogens (tertiary/aromatic N) is 2.